The minimum Gasteiger partial charge on any atom is -0.493 e. The van der Waals surface area contributed by atoms with E-state index in [2.05, 4.69) is 0 Å². The topological polar surface area (TPSA) is 166 Å². The maximum Gasteiger partial charge on any atom is 0.341 e. The van der Waals surface area contributed by atoms with Gasteiger partial charge in [0.15, 0.2) is 35.7 Å². The highest BCUT2D eigenvalue weighted by molar-refractivity contribution is 5.91. The van der Waals surface area contributed by atoms with Crippen LogP contribution < -0.4 is 28.4 Å². The van der Waals surface area contributed by atoms with Crippen molar-refractivity contribution < 1.29 is 62.5 Å². The third-order valence-corrected chi connectivity index (χ3v) is 7.87. The molecule has 0 radical (unpaired) electrons. The van der Waals surface area contributed by atoms with Gasteiger partial charge in [-0.05, 0) is 32.9 Å². The van der Waals surface area contributed by atoms with Crippen molar-refractivity contribution in [2.75, 3.05) is 34.7 Å². The SMILES string of the molecule is C/C=C(/C)C(=O)O[C@H]1c2cc(OC)c(OC)c(OC)c2-c2c(cc3c(c2OCC(=O)O)OCO3)[C@H](OC(C)=O)[C@H](C)[C@]1(C)O. The van der Waals surface area contributed by atoms with Gasteiger partial charge in [-0.15, -0.1) is 0 Å². The van der Waals surface area contributed by atoms with E-state index >= 15 is 0 Å². The molecule has 4 atom stereocenters. The summed E-state index contributed by atoms with van der Waals surface area (Å²) in [7, 11) is 4.17. The molecule has 2 N–H and O–H groups in total. The van der Waals surface area contributed by atoms with Gasteiger partial charge in [-0.25, -0.2) is 9.59 Å². The minimum absolute atomic E-state index is 0.0650. The van der Waals surface area contributed by atoms with Crippen LogP contribution in [0.2, 0.25) is 0 Å². The predicted octanol–water partition coefficient (Wildman–Crippen LogP) is 4.13. The molecule has 0 fully saturated rings. The van der Waals surface area contributed by atoms with Crippen molar-refractivity contribution in [3.63, 3.8) is 0 Å². The summed E-state index contributed by atoms with van der Waals surface area (Å²) in [6.45, 7) is 6.56. The molecular weight excluding hydrogens is 580 g/mol. The number of fused-ring (bicyclic) bond motifs is 4. The summed E-state index contributed by atoms with van der Waals surface area (Å²) in [6.07, 6.45) is -1.06. The number of ether oxygens (including phenoxy) is 8. The van der Waals surface area contributed by atoms with Crippen molar-refractivity contribution in [2.24, 2.45) is 5.92 Å². The van der Waals surface area contributed by atoms with Crippen LogP contribution in [0.1, 0.15) is 58.0 Å². The number of aliphatic hydroxyl groups is 1. The van der Waals surface area contributed by atoms with E-state index in [1.165, 1.54) is 41.2 Å². The van der Waals surface area contributed by atoms with E-state index in [0.717, 1.165) is 0 Å². The van der Waals surface area contributed by atoms with Crippen LogP contribution in [0.15, 0.2) is 23.8 Å². The molecule has 238 valence electrons. The highest BCUT2D eigenvalue weighted by atomic mass is 16.7. The van der Waals surface area contributed by atoms with E-state index in [-0.39, 0.29) is 69.1 Å². The Morgan fingerprint density at radius 3 is 2.20 bits per heavy atom. The molecule has 4 rings (SSSR count). The molecule has 2 aromatic rings. The zero-order valence-corrected chi connectivity index (χ0v) is 25.8. The maximum absolute atomic E-state index is 13.3. The average Bonchev–Trinajstić information content (AvgIpc) is 3.46. The molecule has 0 saturated carbocycles. The molecular formula is C31H36O13. The van der Waals surface area contributed by atoms with Crippen LogP contribution >= 0.6 is 0 Å². The Kier molecular flexibility index (Phi) is 9.19. The molecule has 44 heavy (non-hydrogen) atoms. The fraction of sp³-hybridized carbons (Fsp3) is 0.452. The number of allylic oxidation sites excluding steroid dienone is 1. The van der Waals surface area contributed by atoms with Gasteiger partial charge in [0, 0.05) is 40.7 Å². The first-order valence-electron chi connectivity index (χ1n) is 13.7. The number of carbonyl (C=O) groups excluding carboxylic acids is 2. The van der Waals surface area contributed by atoms with Crippen LogP contribution in [0.3, 0.4) is 0 Å². The van der Waals surface area contributed by atoms with Gasteiger partial charge in [0.25, 0.3) is 0 Å². The lowest BCUT2D eigenvalue weighted by Gasteiger charge is -2.43. The fourth-order valence-corrected chi connectivity index (χ4v) is 5.40. The Labute approximate surface area is 254 Å². The Hall–Kier alpha value is -4.65. The third kappa shape index (κ3) is 5.54. The molecule has 13 heteroatoms. The van der Waals surface area contributed by atoms with Gasteiger partial charge < -0.3 is 48.1 Å². The number of hydrogen-bond donors (Lipinski definition) is 2. The average molecular weight is 617 g/mol. The lowest BCUT2D eigenvalue weighted by atomic mass is 9.71. The Morgan fingerprint density at radius 1 is 0.977 bits per heavy atom. The number of benzene rings is 2. The Balaban J connectivity index is 2.26. The van der Waals surface area contributed by atoms with Crippen LogP contribution in [-0.4, -0.2) is 68.5 Å². The van der Waals surface area contributed by atoms with Gasteiger partial charge in [0.2, 0.25) is 18.3 Å². The molecule has 2 aliphatic rings. The number of rotatable bonds is 9. The maximum atomic E-state index is 13.3. The van der Waals surface area contributed by atoms with E-state index in [0.29, 0.717) is 0 Å². The highest BCUT2D eigenvalue weighted by Crippen LogP contribution is 2.61. The van der Waals surface area contributed by atoms with E-state index in [1.54, 1.807) is 32.9 Å². The Bertz CT molecular complexity index is 1510. The molecule has 0 saturated heterocycles. The smallest absolute Gasteiger partial charge is 0.341 e. The summed E-state index contributed by atoms with van der Waals surface area (Å²) in [4.78, 5) is 37.5. The van der Waals surface area contributed by atoms with Crippen LogP contribution in [0.5, 0.6) is 34.5 Å². The van der Waals surface area contributed by atoms with Crippen molar-refractivity contribution in [3.8, 4) is 45.6 Å². The van der Waals surface area contributed by atoms with Crippen molar-refractivity contribution in [2.45, 2.75) is 52.4 Å². The molecule has 0 spiro atoms. The van der Waals surface area contributed by atoms with Crippen LogP contribution in [0.4, 0.5) is 0 Å². The molecule has 0 bridgehead atoms. The normalized spacial score (nSPS) is 22.0. The molecule has 2 aromatic carbocycles. The van der Waals surface area contributed by atoms with Crippen molar-refractivity contribution in [1.29, 1.82) is 0 Å². The van der Waals surface area contributed by atoms with E-state index < -0.39 is 48.2 Å². The third-order valence-electron chi connectivity index (χ3n) is 7.87. The number of methoxy groups -OCH3 is 3. The summed E-state index contributed by atoms with van der Waals surface area (Å²) in [5.41, 5.74) is -0.789. The molecule has 1 aliphatic heterocycles. The Morgan fingerprint density at radius 2 is 1.64 bits per heavy atom. The number of aliphatic carboxylic acids is 1. The van der Waals surface area contributed by atoms with E-state index in [9.17, 15) is 24.6 Å². The van der Waals surface area contributed by atoms with Gasteiger partial charge >= 0.3 is 17.9 Å². The molecule has 1 heterocycles. The largest absolute Gasteiger partial charge is 0.493 e. The number of carboxylic acid groups (broad SMARTS) is 1. The zero-order chi connectivity index (χ0) is 32.5. The number of carboxylic acids is 1. The van der Waals surface area contributed by atoms with Gasteiger partial charge in [-0.2, -0.15) is 0 Å². The second-order valence-electron chi connectivity index (χ2n) is 10.5. The molecule has 0 amide bonds. The van der Waals surface area contributed by atoms with Gasteiger partial charge in [-0.3, -0.25) is 4.79 Å². The predicted molar refractivity (Wildman–Crippen MR) is 153 cm³/mol. The summed E-state index contributed by atoms with van der Waals surface area (Å²) in [6, 6.07) is 3.10. The standard InChI is InChI=1S/C31H36O13/c1-9-14(2)30(35)44-29-18-11-19(37-6)25(38-7)27(39-8)23(18)22-17(24(43-16(4)32)15(3)31(29,5)36)10-20-26(42-13-41-20)28(22)40-12-21(33)34/h9-11,15,24,29,36H,12-13H2,1-8H3,(H,33,34)/b14-9-/t15-,24+,29-,31-/m0/s1. The zero-order valence-electron chi connectivity index (χ0n) is 25.8. The van der Waals surface area contributed by atoms with Gasteiger partial charge in [0.1, 0.15) is 11.7 Å². The van der Waals surface area contributed by atoms with E-state index in [4.69, 9.17) is 37.9 Å². The molecule has 0 aromatic heterocycles. The lowest BCUT2D eigenvalue weighted by molar-refractivity contribution is -0.182. The number of carbonyl (C=O) groups is 3. The van der Waals surface area contributed by atoms with Crippen molar-refractivity contribution in [1.82, 2.24) is 0 Å². The van der Waals surface area contributed by atoms with Gasteiger partial charge in [-0.1, -0.05) is 13.0 Å². The quantitative estimate of drug-likeness (QED) is 0.305. The lowest BCUT2D eigenvalue weighted by Crippen LogP contribution is -2.46. The molecule has 13 nitrogen and oxygen atoms in total. The fourth-order valence-electron chi connectivity index (χ4n) is 5.40. The highest BCUT2D eigenvalue weighted by Gasteiger charge is 2.51. The summed E-state index contributed by atoms with van der Waals surface area (Å²) < 4.78 is 46.3. The molecule has 0 unspecified atom stereocenters. The second-order valence-corrected chi connectivity index (χ2v) is 10.5. The van der Waals surface area contributed by atoms with Crippen molar-refractivity contribution >= 4 is 17.9 Å². The summed E-state index contributed by atoms with van der Waals surface area (Å²) in [5.74, 6) is -3.01. The van der Waals surface area contributed by atoms with Crippen LogP contribution in [0, 0.1) is 5.92 Å². The molecule has 1 aliphatic carbocycles. The summed E-state index contributed by atoms with van der Waals surface area (Å²) >= 11 is 0. The minimum atomic E-state index is -1.90. The van der Waals surface area contributed by atoms with E-state index in [1.807, 2.05) is 0 Å². The first-order valence-corrected chi connectivity index (χ1v) is 13.7. The number of esters is 2. The van der Waals surface area contributed by atoms with Crippen molar-refractivity contribution in [3.05, 3.63) is 34.9 Å². The first kappa shape index (κ1) is 32.3. The first-order chi connectivity index (χ1) is 20.8. The number of hydrogen-bond acceptors (Lipinski definition) is 12. The van der Waals surface area contributed by atoms with Gasteiger partial charge in [0.05, 0.1) is 21.3 Å². The van der Waals surface area contributed by atoms with Crippen LogP contribution in [-0.2, 0) is 23.9 Å². The summed E-state index contributed by atoms with van der Waals surface area (Å²) in [5, 5.41) is 21.8. The van der Waals surface area contributed by atoms with Crippen LogP contribution in [0.25, 0.3) is 11.1 Å². The second kappa shape index (κ2) is 12.5. The monoisotopic (exact) mass is 616 g/mol.